The molecule has 148 valence electrons. The number of carbonyl (C=O) groups excluding carboxylic acids is 2. The Morgan fingerprint density at radius 3 is 2.79 bits per heavy atom. The van der Waals surface area contributed by atoms with Gasteiger partial charge in [-0.25, -0.2) is 0 Å². The summed E-state index contributed by atoms with van der Waals surface area (Å²) in [6, 6.07) is 14.1. The number of para-hydroxylation sites is 1. The zero-order valence-corrected chi connectivity index (χ0v) is 18.0. The van der Waals surface area contributed by atoms with Crippen molar-refractivity contribution >= 4 is 44.3 Å². The summed E-state index contributed by atoms with van der Waals surface area (Å²) >= 11 is 3.58. The molecule has 5 rings (SSSR count). The van der Waals surface area contributed by atoms with Crippen LogP contribution in [0, 0.1) is 0 Å². The molecule has 2 aliphatic heterocycles. The summed E-state index contributed by atoms with van der Waals surface area (Å²) in [5.41, 5.74) is 3.58. The van der Waals surface area contributed by atoms with Crippen molar-refractivity contribution < 1.29 is 9.59 Å². The number of rotatable bonds is 2. The van der Waals surface area contributed by atoms with Crippen LogP contribution >= 0.6 is 15.9 Å². The first-order valence-corrected chi connectivity index (χ1v) is 10.8. The van der Waals surface area contributed by atoms with Gasteiger partial charge in [-0.3, -0.25) is 9.59 Å². The zero-order valence-electron chi connectivity index (χ0n) is 16.5. The van der Waals surface area contributed by atoms with E-state index < -0.39 is 5.54 Å². The van der Waals surface area contributed by atoms with Crippen LogP contribution < -0.4 is 4.90 Å². The largest absolute Gasteiger partial charge is 0.355 e. The molecule has 29 heavy (non-hydrogen) atoms. The highest BCUT2D eigenvalue weighted by molar-refractivity contribution is 9.10. The van der Waals surface area contributed by atoms with E-state index in [1.807, 2.05) is 41.3 Å². The number of aromatic amines is 1. The van der Waals surface area contributed by atoms with Crippen LogP contribution in [0.5, 0.6) is 0 Å². The maximum atomic E-state index is 14.1. The lowest BCUT2D eigenvalue weighted by atomic mass is 9.80. The standard InChI is InChI=1S/C23H22BrN3O2/c1-3-11-26-20-9-8-15(24)13-18(20)23(22(26)29)21-17(10-12-27(23)14(2)28)16-6-4-5-7-19(16)25-21/h4-9,13,25H,3,10-12H2,1-2H3/t23-/m1/s1. The number of carbonyl (C=O) groups is 2. The van der Waals surface area contributed by atoms with Gasteiger partial charge in [-0.1, -0.05) is 41.1 Å². The highest BCUT2D eigenvalue weighted by Crippen LogP contribution is 2.52. The summed E-state index contributed by atoms with van der Waals surface area (Å²) in [7, 11) is 0. The molecule has 5 nitrogen and oxygen atoms in total. The van der Waals surface area contributed by atoms with E-state index in [0.29, 0.717) is 13.1 Å². The van der Waals surface area contributed by atoms with Gasteiger partial charge in [-0.15, -0.1) is 0 Å². The number of fused-ring (bicyclic) bond motifs is 6. The van der Waals surface area contributed by atoms with Gasteiger partial charge in [0.2, 0.25) is 5.91 Å². The number of hydrogen-bond donors (Lipinski definition) is 1. The molecule has 0 bridgehead atoms. The Balaban J connectivity index is 1.90. The fraction of sp³-hybridized carbons (Fsp3) is 0.304. The smallest absolute Gasteiger partial charge is 0.263 e. The molecule has 2 amide bonds. The normalized spacial score (nSPS) is 20.4. The lowest BCUT2D eigenvalue weighted by molar-refractivity contribution is -0.143. The zero-order chi connectivity index (χ0) is 20.3. The third-order valence-electron chi connectivity index (χ3n) is 6.19. The summed E-state index contributed by atoms with van der Waals surface area (Å²) < 4.78 is 0.897. The van der Waals surface area contributed by atoms with Gasteiger partial charge < -0.3 is 14.8 Å². The molecule has 0 saturated carbocycles. The minimum Gasteiger partial charge on any atom is -0.355 e. The van der Waals surface area contributed by atoms with Crippen molar-refractivity contribution in [3.8, 4) is 0 Å². The number of amides is 2. The lowest BCUT2D eigenvalue weighted by Crippen LogP contribution is -2.58. The fourth-order valence-corrected chi connectivity index (χ4v) is 5.45. The van der Waals surface area contributed by atoms with Gasteiger partial charge in [0.1, 0.15) is 0 Å². The number of nitrogens with zero attached hydrogens (tertiary/aromatic N) is 2. The molecule has 1 N–H and O–H groups in total. The minimum atomic E-state index is -1.15. The van der Waals surface area contributed by atoms with E-state index in [1.165, 1.54) is 0 Å². The molecule has 6 heteroatoms. The van der Waals surface area contributed by atoms with E-state index in [9.17, 15) is 9.59 Å². The maximum Gasteiger partial charge on any atom is 0.263 e. The summed E-state index contributed by atoms with van der Waals surface area (Å²) in [5.74, 6) is -0.137. The number of benzene rings is 2. The Kier molecular flexibility index (Phi) is 4.10. The third kappa shape index (κ3) is 2.32. The van der Waals surface area contributed by atoms with E-state index in [0.717, 1.165) is 50.7 Å². The predicted octanol–water partition coefficient (Wildman–Crippen LogP) is 4.34. The lowest BCUT2D eigenvalue weighted by Gasteiger charge is -2.43. The Morgan fingerprint density at radius 1 is 1.24 bits per heavy atom. The third-order valence-corrected chi connectivity index (χ3v) is 6.68. The van der Waals surface area contributed by atoms with Crippen molar-refractivity contribution in [1.82, 2.24) is 9.88 Å². The van der Waals surface area contributed by atoms with Crippen LogP contribution in [0.15, 0.2) is 46.9 Å². The van der Waals surface area contributed by atoms with Crippen molar-refractivity contribution in [1.29, 1.82) is 0 Å². The molecule has 1 spiro atoms. The Hall–Kier alpha value is -2.60. The van der Waals surface area contributed by atoms with Crippen molar-refractivity contribution in [2.75, 3.05) is 18.0 Å². The van der Waals surface area contributed by atoms with Gasteiger partial charge in [0.05, 0.1) is 11.4 Å². The molecular weight excluding hydrogens is 430 g/mol. The van der Waals surface area contributed by atoms with Gasteiger partial charge >= 0.3 is 0 Å². The van der Waals surface area contributed by atoms with Gasteiger partial charge in [0, 0.05) is 41.0 Å². The molecule has 0 aliphatic carbocycles. The summed E-state index contributed by atoms with van der Waals surface area (Å²) in [6.45, 7) is 4.76. The minimum absolute atomic E-state index is 0.0462. The second-order valence-corrected chi connectivity index (χ2v) is 8.69. The molecule has 0 unspecified atom stereocenters. The van der Waals surface area contributed by atoms with Crippen molar-refractivity contribution in [2.24, 2.45) is 0 Å². The van der Waals surface area contributed by atoms with Crippen LogP contribution in [0.1, 0.15) is 37.1 Å². The summed E-state index contributed by atoms with van der Waals surface area (Å²) in [6.07, 6.45) is 1.57. The van der Waals surface area contributed by atoms with Crippen LogP contribution in [-0.4, -0.2) is 34.8 Å². The Morgan fingerprint density at radius 2 is 2.03 bits per heavy atom. The number of nitrogens with one attached hydrogen (secondary N) is 1. The van der Waals surface area contributed by atoms with Crippen molar-refractivity contribution in [3.63, 3.8) is 0 Å². The van der Waals surface area contributed by atoms with Gasteiger partial charge in [-0.05, 0) is 42.7 Å². The van der Waals surface area contributed by atoms with Crippen molar-refractivity contribution in [2.45, 2.75) is 32.2 Å². The number of hydrogen-bond acceptors (Lipinski definition) is 2. The SMILES string of the molecule is CCCN1C(=O)[C@@]2(c3cc(Br)ccc31)c1[nH]c3ccccc3c1CCN2C(C)=O. The average Bonchev–Trinajstić information content (AvgIpc) is 3.19. The van der Waals surface area contributed by atoms with Crippen LogP contribution in [0.4, 0.5) is 5.69 Å². The van der Waals surface area contributed by atoms with Gasteiger partial charge in [-0.2, -0.15) is 0 Å². The highest BCUT2D eigenvalue weighted by Gasteiger charge is 2.60. The first-order valence-electron chi connectivity index (χ1n) is 10.0. The molecule has 3 heterocycles. The van der Waals surface area contributed by atoms with Crippen LogP contribution in [0.3, 0.4) is 0 Å². The molecule has 2 aliphatic rings. The van der Waals surface area contributed by atoms with E-state index in [4.69, 9.17) is 0 Å². The number of anilines is 1. The number of halogens is 1. The van der Waals surface area contributed by atoms with E-state index >= 15 is 0 Å². The fourth-order valence-electron chi connectivity index (χ4n) is 5.09. The molecule has 0 saturated heterocycles. The molecule has 0 radical (unpaired) electrons. The van der Waals surface area contributed by atoms with Crippen molar-refractivity contribution in [3.05, 3.63) is 63.8 Å². The average molecular weight is 452 g/mol. The topological polar surface area (TPSA) is 56.4 Å². The van der Waals surface area contributed by atoms with Gasteiger partial charge in [0.25, 0.3) is 5.91 Å². The molecule has 0 fully saturated rings. The molecule has 1 aromatic heterocycles. The first kappa shape index (κ1) is 18.4. The highest BCUT2D eigenvalue weighted by atomic mass is 79.9. The summed E-state index contributed by atoms with van der Waals surface area (Å²) in [4.78, 5) is 34.0. The molecular formula is C23H22BrN3O2. The second kappa shape index (κ2) is 6.46. The van der Waals surface area contributed by atoms with Crippen LogP contribution in [0.2, 0.25) is 0 Å². The first-order chi connectivity index (χ1) is 14.0. The Labute approximate surface area is 177 Å². The van der Waals surface area contributed by atoms with E-state index in [-0.39, 0.29) is 11.8 Å². The summed E-state index contributed by atoms with van der Waals surface area (Å²) in [5, 5.41) is 1.13. The molecule has 2 aromatic carbocycles. The molecule has 1 atom stereocenters. The van der Waals surface area contributed by atoms with Crippen LogP contribution in [-0.2, 0) is 21.5 Å². The quantitative estimate of drug-likeness (QED) is 0.629. The number of H-pyrrole nitrogens is 1. The van der Waals surface area contributed by atoms with E-state index in [2.05, 4.69) is 33.9 Å². The Bertz CT molecular complexity index is 1170. The van der Waals surface area contributed by atoms with E-state index in [1.54, 1.807) is 11.8 Å². The van der Waals surface area contributed by atoms with Crippen LogP contribution in [0.25, 0.3) is 10.9 Å². The maximum absolute atomic E-state index is 14.1. The van der Waals surface area contributed by atoms with Gasteiger partial charge in [0.15, 0.2) is 5.54 Å². The second-order valence-electron chi connectivity index (χ2n) is 7.77. The molecule has 3 aromatic rings. The number of aromatic nitrogens is 1. The predicted molar refractivity (Wildman–Crippen MR) is 117 cm³/mol. The monoisotopic (exact) mass is 451 g/mol.